The molecule has 2 atom stereocenters. The minimum atomic E-state index is 0.238. The first-order valence-electron chi connectivity index (χ1n) is 6.71. The van der Waals surface area contributed by atoms with Crippen LogP contribution in [0.3, 0.4) is 0 Å². The maximum atomic E-state index is 5.92. The number of hydrogen-bond acceptors (Lipinski definition) is 3. The number of fused-ring (bicyclic) bond motifs is 1. The molecule has 0 bridgehead atoms. The van der Waals surface area contributed by atoms with Crippen LogP contribution in [0.4, 0.5) is 0 Å². The van der Waals surface area contributed by atoms with Crippen LogP contribution in [0.5, 0.6) is 5.75 Å². The van der Waals surface area contributed by atoms with Crippen molar-refractivity contribution < 1.29 is 4.74 Å². The van der Waals surface area contributed by atoms with Gasteiger partial charge in [-0.2, -0.15) is 0 Å². The number of aromatic nitrogens is 1. The summed E-state index contributed by atoms with van der Waals surface area (Å²) in [4.78, 5) is 4.04. The van der Waals surface area contributed by atoms with Crippen molar-refractivity contribution in [1.29, 1.82) is 0 Å². The minimum Gasteiger partial charge on any atom is -0.488 e. The SMILES string of the molecule is C[C@@H](NCC1Cc2ccccc2O1)c1ccncc1. The number of benzene rings is 1. The van der Waals surface area contributed by atoms with E-state index in [0.29, 0.717) is 6.04 Å². The van der Waals surface area contributed by atoms with E-state index in [-0.39, 0.29) is 6.10 Å². The second-order valence-electron chi connectivity index (χ2n) is 4.96. The van der Waals surface area contributed by atoms with Gasteiger partial charge in [-0.05, 0) is 36.2 Å². The van der Waals surface area contributed by atoms with E-state index in [2.05, 4.69) is 29.4 Å². The van der Waals surface area contributed by atoms with E-state index in [0.717, 1.165) is 18.7 Å². The number of ether oxygens (including phenoxy) is 1. The topological polar surface area (TPSA) is 34.1 Å². The zero-order chi connectivity index (χ0) is 13.1. The molecule has 1 aromatic heterocycles. The molecule has 0 saturated heterocycles. The van der Waals surface area contributed by atoms with Gasteiger partial charge < -0.3 is 10.1 Å². The van der Waals surface area contributed by atoms with Gasteiger partial charge in [0, 0.05) is 31.4 Å². The molecule has 19 heavy (non-hydrogen) atoms. The fourth-order valence-corrected chi connectivity index (χ4v) is 2.45. The lowest BCUT2D eigenvalue weighted by molar-refractivity contribution is 0.222. The first-order chi connectivity index (χ1) is 9.33. The number of hydrogen-bond donors (Lipinski definition) is 1. The fourth-order valence-electron chi connectivity index (χ4n) is 2.45. The molecule has 2 aromatic rings. The molecule has 3 heteroatoms. The monoisotopic (exact) mass is 254 g/mol. The first-order valence-corrected chi connectivity index (χ1v) is 6.71. The van der Waals surface area contributed by atoms with Crippen molar-refractivity contribution in [2.75, 3.05) is 6.54 Å². The number of rotatable bonds is 4. The van der Waals surface area contributed by atoms with E-state index in [9.17, 15) is 0 Å². The largest absolute Gasteiger partial charge is 0.488 e. The summed E-state index contributed by atoms with van der Waals surface area (Å²) >= 11 is 0. The summed E-state index contributed by atoms with van der Waals surface area (Å²) in [6.45, 7) is 3.02. The van der Waals surface area contributed by atoms with E-state index < -0.39 is 0 Å². The lowest BCUT2D eigenvalue weighted by atomic mass is 10.1. The molecule has 0 fully saturated rings. The van der Waals surface area contributed by atoms with Gasteiger partial charge in [0.2, 0.25) is 0 Å². The summed E-state index contributed by atoms with van der Waals surface area (Å²) in [5.74, 6) is 1.03. The number of pyridine rings is 1. The van der Waals surface area contributed by atoms with Gasteiger partial charge in [0.1, 0.15) is 11.9 Å². The Morgan fingerprint density at radius 2 is 2.05 bits per heavy atom. The molecule has 0 spiro atoms. The number of para-hydroxylation sites is 1. The molecule has 1 N–H and O–H groups in total. The first kappa shape index (κ1) is 12.2. The van der Waals surface area contributed by atoms with Crippen molar-refractivity contribution in [1.82, 2.24) is 10.3 Å². The predicted octanol–water partition coefficient (Wildman–Crippen LogP) is 2.74. The molecule has 3 nitrogen and oxygen atoms in total. The Morgan fingerprint density at radius 1 is 1.26 bits per heavy atom. The smallest absolute Gasteiger partial charge is 0.123 e. The normalized spacial score (nSPS) is 18.7. The summed E-state index contributed by atoms with van der Waals surface area (Å²) in [6.07, 6.45) is 4.89. The highest BCUT2D eigenvalue weighted by Gasteiger charge is 2.22. The quantitative estimate of drug-likeness (QED) is 0.911. The van der Waals surface area contributed by atoms with Crippen LogP contribution >= 0.6 is 0 Å². The van der Waals surface area contributed by atoms with Crippen molar-refractivity contribution in [3.63, 3.8) is 0 Å². The summed E-state index contributed by atoms with van der Waals surface area (Å²) in [5, 5.41) is 3.52. The maximum Gasteiger partial charge on any atom is 0.123 e. The van der Waals surface area contributed by atoms with Crippen molar-refractivity contribution in [2.45, 2.75) is 25.5 Å². The van der Waals surface area contributed by atoms with Gasteiger partial charge in [-0.1, -0.05) is 18.2 Å². The summed E-state index contributed by atoms with van der Waals surface area (Å²) in [5.41, 5.74) is 2.57. The lowest BCUT2D eigenvalue weighted by Gasteiger charge is -2.17. The van der Waals surface area contributed by atoms with Gasteiger partial charge in [-0.3, -0.25) is 4.98 Å². The second kappa shape index (κ2) is 5.41. The third kappa shape index (κ3) is 2.76. The molecule has 1 unspecified atom stereocenters. The van der Waals surface area contributed by atoms with Gasteiger partial charge in [0.15, 0.2) is 0 Å². The predicted molar refractivity (Wildman–Crippen MR) is 75.2 cm³/mol. The molecule has 1 aliphatic heterocycles. The molecule has 0 radical (unpaired) electrons. The molecular formula is C16H18N2O. The Morgan fingerprint density at radius 3 is 2.84 bits per heavy atom. The van der Waals surface area contributed by atoms with E-state index in [1.807, 2.05) is 36.7 Å². The van der Waals surface area contributed by atoms with Crippen LogP contribution in [0.25, 0.3) is 0 Å². The third-order valence-corrected chi connectivity index (χ3v) is 3.57. The highest BCUT2D eigenvalue weighted by molar-refractivity contribution is 5.37. The van der Waals surface area contributed by atoms with Crippen LogP contribution in [0.15, 0.2) is 48.8 Å². The Balaban J connectivity index is 1.55. The zero-order valence-electron chi connectivity index (χ0n) is 11.0. The van der Waals surface area contributed by atoms with Gasteiger partial charge in [0.25, 0.3) is 0 Å². The van der Waals surface area contributed by atoms with Crippen LogP contribution in [-0.2, 0) is 6.42 Å². The zero-order valence-corrected chi connectivity index (χ0v) is 11.0. The standard InChI is InChI=1S/C16H18N2O/c1-12(13-6-8-17-9-7-13)18-11-15-10-14-4-2-3-5-16(14)19-15/h2-9,12,15,18H,10-11H2,1H3/t12-,15?/m1/s1. The summed E-state index contributed by atoms with van der Waals surface area (Å²) < 4.78 is 5.92. The summed E-state index contributed by atoms with van der Waals surface area (Å²) in [6, 6.07) is 12.7. The van der Waals surface area contributed by atoms with E-state index in [4.69, 9.17) is 4.74 Å². The molecule has 98 valence electrons. The number of nitrogens with zero attached hydrogens (tertiary/aromatic N) is 1. The van der Waals surface area contributed by atoms with Gasteiger partial charge >= 0.3 is 0 Å². The van der Waals surface area contributed by atoms with Crippen LogP contribution in [0.2, 0.25) is 0 Å². The van der Waals surface area contributed by atoms with Crippen LogP contribution in [-0.4, -0.2) is 17.6 Å². The highest BCUT2D eigenvalue weighted by atomic mass is 16.5. The van der Waals surface area contributed by atoms with Crippen LogP contribution in [0.1, 0.15) is 24.1 Å². The second-order valence-corrected chi connectivity index (χ2v) is 4.96. The van der Waals surface area contributed by atoms with E-state index in [1.165, 1.54) is 11.1 Å². The number of nitrogens with one attached hydrogen (secondary N) is 1. The Hall–Kier alpha value is -1.87. The molecule has 2 heterocycles. The molecule has 0 saturated carbocycles. The van der Waals surface area contributed by atoms with Crippen molar-refractivity contribution >= 4 is 0 Å². The molecule has 1 aliphatic rings. The average Bonchev–Trinajstić information content (AvgIpc) is 2.88. The molecule has 0 aliphatic carbocycles. The fraction of sp³-hybridized carbons (Fsp3) is 0.312. The van der Waals surface area contributed by atoms with Gasteiger partial charge in [-0.15, -0.1) is 0 Å². The van der Waals surface area contributed by atoms with Crippen molar-refractivity contribution in [2.24, 2.45) is 0 Å². The van der Waals surface area contributed by atoms with Gasteiger partial charge in [0.05, 0.1) is 0 Å². The van der Waals surface area contributed by atoms with Crippen LogP contribution < -0.4 is 10.1 Å². The molecular weight excluding hydrogens is 236 g/mol. The molecule has 3 rings (SSSR count). The third-order valence-electron chi connectivity index (χ3n) is 3.57. The van der Waals surface area contributed by atoms with E-state index >= 15 is 0 Å². The van der Waals surface area contributed by atoms with Crippen LogP contribution in [0, 0.1) is 0 Å². The molecule has 0 amide bonds. The Kier molecular flexibility index (Phi) is 3.47. The lowest BCUT2D eigenvalue weighted by Crippen LogP contribution is -2.31. The van der Waals surface area contributed by atoms with Crippen molar-refractivity contribution in [3.8, 4) is 5.75 Å². The highest BCUT2D eigenvalue weighted by Crippen LogP contribution is 2.28. The summed E-state index contributed by atoms with van der Waals surface area (Å²) in [7, 11) is 0. The molecule has 1 aromatic carbocycles. The average molecular weight is 254 g/mol. The van der Waals surface area contributed by atoms with Crippen molar-refractivity contribution in [3.05, 3.63) is 59.9 Å². The minimum absolute atomic E-state index is 0.238. The maximum absolute atomic E-state index is 5.92. The Bertz CT molecular complexity index is 516. The van der Waals surface area contributed by atoms with Gasteiger partial charge in [-0.25, -0.2) is 0 Å². The van der Waals surface area contributed by atoms with E-state index in [1.54, 1.807) is 0 Å². The Labute approximate surface area is 113 Å².